The number of aryl methyl sites for hydroxylation is 2. The number of carbonyl (C=O) groups excluding carboxylic acids is 1. The van der Waals surface area contributed by atoms with E-state index in [0.717, 1.165) is 16.8 Å². The molecule has 0 atom stereocenters. The van der Waals surface area contributed by atoms with Gasteiger partial charge < -0.3 is 4.90 Å². The van der Waals surface area contributed by atoms with Gasteiger partial charge in [0.2, 0.25) is 10.0 Å². The molecule has 7 heteroatoms. The summed E-state index contributed by atoms with van der Waals surface area (Å²) < 4.78 is 26.9. The number of nitrogens with zero attached hydrogens (tertiary/aromatic N) is 2. The predicted octanol–water partition coefficient (Wildman–Crippen LogP) is 4.26. The van der Waals surface area contributed by atoms with Gasteiger partial charge in [-0.1, -0.05) is 37.6 Å². The highest BCUT2D eigenvalue weighted by Gasteiger charge is 2.25. The number of amides is 1. The monoisotopic (exact) mass is 408 g/mol. The zero-order chi connectivity index (χ0) is 20.4. The standard InChI is InChI=1S/C20H25ClN2O3S/c1-6-23(7-2)27(25,26)16-10-11-18(21)17(13-16)20(24)22(5)19-12-14(3)8-9-15(19)4/h8-13H,6-7H2,1-5H3. The van der Waals surface area contributed by atoms with Crippen molar-refractivity contribution in [3.63, 3.8) is 0 Å². The Bertz CT molecular complexity index is 954. The molecule has 0 heterocycles. The van der Waals surface area contributed by atoms with E-state index in [1.54, 1.807) is 20.9 Å². The van der Waals surface area contributed by atoms with Gasteiger partial charge in [0.05, 0.1) is 15.5 Å². The summed E-state index contributed by atoms with van der Waals surface area (Å²) >= 11 is 6.24. The second-order valence-electron chi connectivity index (χ2n) is 6.39. The van der Waals surface area contributed by atoms with Gasteiger partial charge in [0, 0.05) is 25.8 Å². The summed E-state index contributed by atoms with van der Waals surface area (Å²) in [5, 5.41) is 0.218. The van der Waals surface area contributed by atoms with Gasteiger partial charge in [0.25, 0.3) is 5.91 Å². The maximum Gasteiger partial charge on any atom is 0.259 e. The summed E-state index contributed by atoms with van der Waals surface area (Å²) in [6, 6.07) is 10.1. The average Bonchev–Trinajstić information content (AvgIpc) is 2.63. The van der Waals surface area contributed by atoms with Gasteiger partial charge in [-0.25, -0.2) is 8.42 Å². The van der Waals surface area contributed by atoms with E-state index in [0.29, 0.717) is 13.1 Å². The lowest BCUT2D eigenvalue weighted by Gasteiger charge is -2.22. The molecule has 0 saturated carbocycles. The van der Waals surface area contributed by atoms with Crippen molar-refractivity contribution in [2.45, 2.75) is 32.6 Å². The number of anilines is 1. The van der Waals surface area contributed by atoms with Crippen LogP contribution in [0, 0.1) is 13.8 Å². The number of hydrogen-bond acceptors (Lipinski definition) is 3. The van der Waals surface area contributed by atoms with Crippen LogP contribution in [0.25, 0.3) is 0 Å². The largest absolute Gasteiger partial charge is 0.311 e. The molecule has 0 unspecified atom stereocenters. The maximum atomic E-state index is 13.1. The number of hydrogen-bond donors (Lipinski definition) is 0. The van der Waals surface area contributed by atoms with E-state index in [9.17, 15) is 13.2 Å². The first-order chi connectivity index (χ1) is 12.6. The van der Waals surface area contributed by atoms with E-state index < -0.39 is 10.0 Å². The van der Waals surface area contributed by atoms with Gasteiger partial charge in [-0.15, -0.1) is 0 Å². The van der Waals surface area contributed by atoms with E-state index in [4.69, 9.17) is 11.6 Å². The van der Waals surface area contributed by atoms with Crippen molar-refractivity contribution in [1.29, 1.82) is 0 Å². The molecule has 146 valence electrons. The normalized spacial score (nSPS) is 11.7. The van der Waals surface area contributed by atoms with Gasteiger partial charge in [-0.05, 0) is 49.2 Å². The first-order valence-corrected chi connectivity index (χ1v) is 10.6. The molecule has 0 spiro atoms. The fourth-order valence-corrected chi connectivity index (χ4v) is 4.60. The Kier molecular flexibility index (Phi) is 6.68. The predicted molar refractivity (Wildman–Crippen MR) is 110 cm³/mol. The lowest BCUT2D eigenvalue weighted by atomic mass is 10.1. The van der Waals surface area contributed by atoms with Crippen LogP contribution in [0.15, 0.2) is 41.3 Å². The van der Waals surface area contributed by atoms with E-state index in [1.165, 1.54) is 27.4 Å². The quantitative estimate of drug-likeness (QED) is 0.717. The van der Waals surface area contributed by atoms with Crippen LogP contribution >= 0.6 is 11.6 Å². The Hall–Kier alpha value is -1.89. The van der Waals surface area contributed by atoms with Gasteiger partial charge in [-0.2, -0.15) is 4.31 Å². The van der Waals surface area contributed by atoms with E-state index in [1.807, 2.05) is 32.0 Å². The zero-order valence-corrected chi connectivity index (χ0v) is 17.9. The number of sulfonamides is 1. The third kappa shape index (κ3) is 4.34. The van der Waals surface area contributed by atoms with Crippen LogP contribution in [0.2, 0.25) is 5.02 Å². The molecular formula is C20H25ClN2O3S. The van der Waals surface area contributed by atoms with Gasteiger partial charge in [0.1, 0.15) is 0 Å². The Labute approximate surface area is 166 Å². The van der Waals surface area contributed by atoms with Crippen molar-refractivity contribution in [2.24, 2.45) is 0 Å². The number of halogens is 1. The molecule has 27 heavy (non-hydrogen) atoms. The highest BCUT2D eigenvalue weighted by atomic mass is 35.5. The minimum atomic E-state index is -3.68. The van der Waals surface area contributed by atoms with Gasteiger partial charge in [-0.3, -0.25) is 4.79 Å². The SMILES string of the molecule is CCN(CC)S(=O)(=O)c1ccc(Cl)c(C(=O)N(C)c2cc(C)ccc2C)c1. The van der Waals surface area contributed by atoms with Crippen LogP contribution in [0.4, 0.5) is 5.69 Å². The summed E-state index contributed by atoms with van der Waals surface area (Å²) in [5.41, 5.74) is 2.89. The highest BCUT2D eigenvalue weighted by molar-refractivity contribution is 7.89. The molecule has 1 amide bonds. The fourth-order valence-electron chi connectivity index (χ4n) is 2.91. The molecule has 0 aliphatic carbocycles. The summed E-state index contributed by atoms with van der Waals surface area (Å²) in [6.45, 7) is 8.13. The Balaban J connectivity index is 2.49. The third-order valence-corrected chi connectivity index (χ3v) is 6.92. The highest BCUT2D eigenvalue weighted by Crippen LogP contribution is 2.27. The van der Waals surface area contributed by atoms with Gasteiger partial charge in [0.15, 0.2) is 0 Å². The van der Waals surface area contributed by atoms with Crippen molar-refractivity contribution in [3.05, 3.63) is 58.1 Å². The summed E-state index contributed by atoms with van der Waals surface area (Å²) in [5.74, 6) is -0.356. The molecule has 2 aromatic rings. The molecule has 0 bridgehead atoms. The molecule has 0 radical (unpaired) electrons. The number of rotatable bonds is 6. The van der Waals surface area contributed by atoms with E-state index in [-0.39, 0.29) is 21.4 Å². The van der Waals surface area contributed by atoms with Crippen LogP contribution in [-0.2, 0) is 10.0 Å². The molecular weight excluding hydrogens is 384 g/mol. The maximum absolute atomic E-state index is 13.1. The van der Waals surface area contributed by atoms with Crippen molar-refractivity contribution >= 4 is 33.2 Å². The Morgan fingerprint density at radius 1 is 1.04 bits per heavy atom. The molecule has 0 aromatic heterocycles. The number of carbonyl (C=O) groups is 1. The first-order valence-electron chi connectivity index (χ1n) is 8.78. The summed E-state index contributed by atoms with van der Waals surface area (Å²) in [4.78, 5) is 14.6. The van der Waals surface area contributed by atoms with Crippen LogP contribution in [-0.4, -0.2) is 38.8 Å². The second kappa shape index (κ2) is 8.42. The van der Waals surface area contributed by atoms with Crippen molar-refractivity contribution in [3.8, 4) is 0 Å². The fraction of sp³-hybridized carbons (Fsp3) is 0.350. The van der Waals surface area contributed by atoms with Crippen LogP contribution in [0.1, 0.15) is 35.3 Å². The summed E-state index contributed by atoms with van der Waals surface area (Å²) in [6.07, 6.45) is 0. The lowest BCUT2D eigenvalue weighted by Crippen LogP contribution is -2.31. The van der Waals surface area contributed by atoms with E-state index >= 15 is 0 Å². The topological polar surface area (TPSA) is 57.7 Å². The molecule has 0 fully saturated rings. The molecule has 0 aliphatic heterocycles. The van der Waals surface area contributed by atoms with Crippen molar-refractivity contribution < 1.29 is 13.2 Å². The van der Waals surface area contributed by atoms with Crippen molar-refractivity contribution in [2.75, 3.05) is 25.0 Å². The smallest absolute Gasteiger partial charge is 0.259 e. The Morgan fingerprint density at radius 3 is 2.26 bits per heavy atom. The Morgan fingerprint density at radius 2 is 1.67 bits per heavy atom. The van der Waals surface area contributed by atoms with E-state index in [2.05, 4.69) is 0 Å². The zero-order valence-electron chi connectivity index (χ0n) is 16.3. The average molecular weight is 409 g/mol. The third-order valence-electron chi connectivity index (χ3n) is 4.54. The summed E-state index contributed by atoms with van der Waals surface area (Å²) in [7, 11) is -2.02. The molecule has 2 aromatic carbocycles. The second-order valence-corrected chi connectivity index (χ2v) is 8.73. The molecule has 2 rings (SSSR count). The van der Waals surface area contributed by atoms with Crippen molar-refractivity contribution in [1.82, 2.24) is 4.31 Å². The molecule has 0 aliphatic rings. The molecule has 0 saturated heterocycles. The number of benzene rings is 2. The first kappa shape index (κ1) is 21.4. The molecule has 0 N–H and O–H groups in total. The minimum absolute atomic E-state index is 0.0633. The van der Waals surface area contributed by atoms with Crippen LogP contribution in [0.3, 0.4) is 0 Å². The van der Waals surface area contributed by atoms with Crippen LogP contribution in [0.5, 0.6) is 0 Å². The lowest BCUT2D eigenvalue weighted by molar-refractivity contribution is 0.0993. The van der Waals surface area contributed by atoms with Gasteiger partial charge >= 0.3 is 0 Å². The minimum Gasteiger partial charge on any atom is -0.311 e. The molecule has 5 nitrogen and oxygen atoms in total. The van der Waals surface area contributed by atoms with Crippen LogP contribution < -0.4 is 4.90 Å².